The molecule has 1 N–H and O–H groups in total. The molecule has 0 saturated carbocycles. The monoisotopic (exact) mass is 281 g/mol. The number of thiocarbonyl (C=S) groups is 1. The van der Waals surface area contributed by atoms with Crippen LogP contribution < -0.4 is 4.90 Å². The van der Waals surface area contributed by atoms with Gasteiger partial charge >= 0.3 is 0 Å². The Balaban J connectivity index is 2.11. The number of rotatable bonds is 2. The zero-order valence-electron chi connectivity index (χ0n) is 11.2. The Kier molecular flexibility index (Phi) is 4.75. The van der Waals surface area contributed by atoms with Gasteiger partial charge in [-0.3, -0.25) is 4.90 Å². The average molecular weight is 281 g/mol. The Bertz CT molecular complexity index is 638. The quantitative estimate of drug-likeness (QED) is 0.671. The molecule has 0 fully saturated rings. The molecule has 0 amide bonds. The largest absolute Gasteiger partial charge is 0.486 e. The summed E-state index contributed by atoms with van der Waals surface area (Å²) in [6.45, 7) is 2.39. The molecule has 0 atom stereocenters. The van der Waals surface area contributed by atoms with E-state index in [0.29, 0.717) is 6.54 Å². The predicted molar refractivity (Wildman–Crippen MR) is 87.1 cm³/mol. The van der Waals surface area contributed by atoms with Crippen molar-refractivity contribution in [1.82, 2.24) is 0 Å². The minimum Gasteiger partial charge on any atom is -0.486 e. The van der Waals surface area contributed by atoms with Crippen molar-refractivity contribution in [2.75, 3.05) is 11.4 Å². The van der Waals surface area contributed by atoms with Gasteiger partial charge in [-0.15, -0.1) is 0 Å². The molecule has 3 heteroatoms. The number of hydrogen-bond acceptors (Lipinski definition) is 1. The van der Waals surface area contributed by atoms with Gasteiger partial charge in [-0.05, 0) is 43.4 Å². The molecule has 20 heavy (non-hydrogen) atoms. The van der Waals surface area contributed by atoms with E-state index in [2.05, 4.69) is 11.8 Å². The van der Waals surface area contributed by atoms with Crippen LogP contribution in [0.25, 0.3) is 0 Å². The molecule has 0 unspecified atom stereocenters. The molecular weight excluding hydrogens is 266 g/mol. The van der Waals surface area contributed by atoms with Gasteiger partial charge in [0.2, 0.25) is 0 Å². The Morgan fingerprint density at radius 2 is 1.75 bits per heavy atom. The number of nitrogens with zero attached hydrogens (tertiary/aromatic N) is 1. The van der Waals surface area contributed by atoms with E-state index in [1.165, 1.54) is 5.56 Å². The lowest BCUT2D eigenvalue weighted by Gasteiger charge is -2.18. The third kappa shape index (κ3) is 3.84. The van der Waals surface area contributed by atoms with Crippen molar-refractivity contribution in [2.45, 2.75) is 6.92 Å². The molecule has 2 nitrogen and oxygen atoms in total. The maximum absolute atomic E-state index is 9.59. The Morgan fingerprint density at radius 1 is 1.10 bits per heavy atom. The fourth-order valence-electron chi connectivity index (χ4n) is 1.73. The van der Waals surface area contributed by atoms with Gasteiger partial charge in [0.25, 0.3) is 5.17 Å². The molecule has 0 radical (unpaired) electrons. The van der Waals surface area contributed by atoms with Crippen molar-refractivity contribution in [2.24, 2.45) is 0 Å². The number of hydrogen-bond donors (Lipinski definition) is 1. The number of benzene rings is 2. The second kappa shape index (κ2) is 6.74. The third-order valence-corrected chi connectivity index (χ3v) is 3.04. The lowest BCUT2D eigenvalue weighted by Crippen LogP contribution is -2.29. The molecular formula is C17H15NOS. The highest BCUT2D eigenvalue weighted by Crippen LogP contribution is 2.12. The van der Waals surface area contributed by atoms with Crippen molar-refractivity contribution in [3.63, 3.8) is 0 Å². The van der Waals surface area contributed by atoms with Crippen LogP contribution in [0.2, 0.25) is 0 Å². The molecule has 0 bridgehead atoms. The summed E-state index contributed by atoms with van der Waals surface area (Å²) in [5.74, 6) is 6.09. The van der Waals surface area contributed by atoms with Gasteiger partial charge in [0.15, 0.2) is 0 Å². The Morgan fingerprint density at radius 3 is 2.35 bits per heavy atom. The highest BCUT2D eigenvalue weighted by molar-refractivity contribution is 7.80. The van der Waals surface area contributed by atoms with Gasteiger partial charge in [0.1, 0.15) is 0 Å². The van der Waals surface area contributed by atoms with Gasteiger partial charge in [0, 0.05) is 11.3 Å². The van der Waals surface area contributed by atoms with Crippen LogP contribution in [0.3, 0.4) is 0 Å². The van der Waals surface area contributed by atoms with Gasteiger partial charge in [0.05, 0.1) is 6.54 Å². The fourth-order valence-corrected chi connectivity index (χ4v) is 1.90. The van der Waals surface area contributed by atoms with E-state index in [4.69, 9.17) is 12.2 Å². The summed E-state index contributed by atoms with van der Waals surface area (Å²) in [4.78, 5) is 1.59. The van der Waals surface area contributed by atoms with Crippen LogP contribution in [-0.2, 0) is 0 Å². The number of anilines is 1. The lowest BCUT2D eigenvalue weighted by atomic mass is 10.1. The molecule has 0 aliphatic heterocycles. The number of aryl methyl sites for hydroxylation is 1. The van der Waals surface area contributed by atoms with Crippen molar-refractivity contribution in [1.29, 1.82) is 0 Å². The van der Waals surface area contributed by atoms with Gasteiger partial charge in [-0.25, -0.2) is 0 Å². The summed E-state index contributed by atoms with van der Waals surface area (Å²) in [5, 5.41) is 9.42. The maximum Gasteiger partial charge on any atom is 0.262 e. The summed E-state index contributed by atoms with van der Waals surface area (Å²) >= 11 is 4.86. The molecule has 2 rings (SSSR count). The number of aliphatic hydroxyl groups is 1. The van der Waals surface area contributed by atoms with E-state index in [1.54, 1.807) is 4.90 Å². The average Bonchev–Trinajstić information content (AvgIpc) is 2.46. The maximum atomic E-state index is 9.59. The van der Waals surface area contributed by atoms with Crippen molar-refractivity contribution >= 4 is 23.1 Å². The van der Waals surface area contributed by atoms with E-state index >= 15 is 0 Å². The van der Waals surface area contributed by atoms with E-state index in [0.717, 1.165) is 11.3 Å². The first-order valence-corrected chi connectivity index (χ1v) is 6.69. The lowest BCUT2D eigenvalue weighted by molar-refractivity contribution is 0.552. The fraction of sp³-hybridized carbons (Fsp3) is 0.118. The number of aliphatic hydroxyl groups excluding tert-OH is 1. The first-order valence-electron chi connectivity index (χ1n) is 6.28. The minimum absolute atomic E-state index is 0.172. The SMILES string of the molecule is Cc1ccc(C#CCN(C(O)=S)c2ccccc2)cc1. The van der Waals surface area contributed by atoms with Crippen LogP contribution in [0, 0.1) is 18.8 Å². The first-order chi connectivity index (χ1) is 9.66. The summed E-state index contributed by atoms with van der Waals surface area (Å²) in [6.07, 6.45) is 0. The van der Waals surface area contributed by atoms with E-state index in [1.807, 2.05) is 61.5 Å². The first kappa shape index (κ1) is 14.1. The molecule has 0 heterocycles. The van der Waals surface area contributed by atoms with Crippen LogP contribution in [0.1, 0.15) is 11.1 Å². The van der Waals surface area contributed by atoms with Crippen LogP contribution in [0.4, 0.5) is 5.69 Å². The molecule has 0 aliphatic carbocycles. The summed E-state index contributed by atoms with van der Waals surface area (Å²) in [5.41, 5.74) is 2.99. The van der Waals surface area contributed by atoms with Gasteiger partial charge < -0.3 is 5.11 Å². The predicted octanol–water partition coefficient (Wildman–Crippen LogP) is 3.70. The zero-order chi connectivity index (χ0) is 14.4. The summed E-state index contributed by atoms with van der Waals surface area (Å²) in [7, 11) is 0. The highest BCUT2D eigenvalue weighted by atomic mass is 32.1. The zero-order valence-corrected chi connectivity index (χ0v) is 12.0. The standard InChI is InChI=1S/C17H15NOS/c1-14-9-11-15(12-10-14)6-5-13-18(17(19)20)16-7-3-2-4-8-16/h2-4,7-12H,13H2,1H3,(H,19,20). The van der Waals surface area contributed by atoms with Crippen LogP contribution in [-0.4, -0.2) is 16.8 Å². The smallest absolute Gasteiger partial charge is 0.262 e. The summed E-state index contributed by atoms with van der Waals surface area (Å²) < 4.78 is 0. The summed E-state index contributed by atoms with van der Waals surface area (Å²) in [6, 6.07) is 17.5. The van der Waals surface area contributed by atoms with Crippen LogP contribution in [0.5, 0.6) is 0 Å². The Hall–Kier alpha value is -2.31. The molecule has 2 aromatic rings. The highest BCUT2D eigenvalue weighted by Gasteiger charge is 2.08. The van der Waals surface area contributed by atoms with Crippen molar-refractivity contribution in [3.05, 3.63) is 65.7 Å². The van der Waals surface area contributed by atoms with Crippen molar-refractivity contribution < 1.29 is 5.11 Å². The van der Waals surface area contributed by atoms with Crippen LogP contribution >= 0.6 is 12.2 Å². The van der Waals surface area contributed by atoms with Crippen molar-refractivity contribution in [3.8, 4) is 11.8 Å². The molecule has 0 spiro atoms. The number of para-hydroxylation sites is 1. The molecule has 100 valence electrons. The second-order valence-electron chi connectivity index (χ2n) is 4.37. The normalized spacial score (nSPS) is 9.45. The molecule has 0 saturated heterocycles. The van der Waals surface area contributed by atoms with Gasteiger partial charge in [-0.2, -0.15) is 0 Å². The Labute approximate surface area is 124 Å². The second-order valence-corrected chi connectivity index (χ2v) is 4.74. The van der Waals surface area contributed by atoms with E-state index in [9.17, 15) is 5.11 Å². The van der Waals surface area contributed by atoms with E-state index in [-0.39, 0.29) is 5.17 Å². The van der Waals surface area contributed by atoms with Crippen LogP contribution in [0.15, 0.2) is 54.6 Å². The minimum atomic E-state index is -0.172. The third-order valence-electron chi connectivity index (χ3n) is 2.82. The van der Waals surface area contributed by atoms with Gasteiger partial charge in [-0.1, -0.05) is 47.7 Å². The molecule has 0 aromatic heterocycles. The molecule has 2 aromatic carbocycles. The van der Waals surface area contributed by atoms with E-state index < -0.39 is 0 Å². The molecule has 0 aliphatic rings. The topological polar surface area (TPSA) is 23.5 Å².